The molecule has 1 aromatic carbocycles. The van der Waals surface area contributed by atoms with Crippen LogP contribution in [0.25, 0.3) is 0 Å². The Hall–Kier alpha value is -2.89. The number of benzene rings is 1. The second kappa shape index (κ2) is 7.26. The number of nitrogens with zero attached hydrogens (tertiary/aromatic N) is 5. The predicted octanol–water partition coefficient (Wildman–Crippen LogP) is 1.89. The van der Waals surface area contributed by atoms with Crippen molar-refractivity contribution in [3.8, 4) is 5.75 Å². The van der Waals surface area contributed by atoms with Gasteiger partial charge in [-0.05, 0) is 22.6 Å². The van der Waals surface area contributed by atoms with Crippen LogP contribution in [0.2, 0.25) is 0 Å². The lowest BCUT2D eigenvalue weighted by Gasteiger charge is -2.41. The Kier molecular flexibility index (Phi) is 4.79. The lowest BCUT2D eigenvalue weighted by molar-refractivity contribution is -0.137. The molecule has 2 aromatic rings. The molecular weight excluding hydrogens is 379 g/mol. The number of amides is 2. The molecule has 0 aliphatic carbocycles. The molecule has 1 atom stereocenters. The van der Waals surface area contributed by atoms with E-state index < -0.39 is 11.7 Å². The first-order valence-corrected chi connectivity index (χ1v) is 8.79. The van der Waals surface area contributed by atoms with E-state index in [4.69, 9.17) is 4.74 Å². The number of urea groups is 1. The minimum atomic E-state index is -4.40. The standard InChI is InChI=1S/C16H18F3N7O2/c17-16(18,19)10-1-2-11-12(3-8-28-13(11)9-10)25-4-6-26(7-5-25)15(27)20-14-21-23-24-22-14/h1-2,9,12H,3-8H2,(H2,20,21,22,23,24,27). The number of rotatable bonds is 2. The molecule has 1 aromatic heterocycles. The largest absolute Gasteiger partial charge is 0.493 e. The zero-order chi connectivity index (χ0) is 19.7. The molecule has 2 N–H and O–H groups in total. The topological polar surface area (TPSA) is 99.3 Å². The van der Waals surface area contributed by atoms with E-state index in [1.807, 2.05) is 0 Å². The van der Waals surface area contributed by atoms with Gasteiger partial charge in [-0.15, -0.1) is 0 Å². The number of hydrogen-bond donors (Lipinski definition) is 2. The van der Waals surface area contributed by atoms with Crippen LogP contribution in [0.1, 0.15) is 23.6 Å². The summed E-state index contributed by atoms with van der Waals surface area (Å²) in [5, 5.41) is 15.4. The first kappa shape index (κ1) is 18.5. The van der Waals surface area contributed by atoms with Crippen molar-refractivity contribution in [2.75, 3.05) is 38.1 Å². The fraction of sp³-hybridized carbons (Fsp3) is 0.500. The van der Waals surface area contributed by atoms with Crippen molar-refractivity contribution < 1.29 is 22.7 Å². The van der Waals surface area contributed by atoms with Crippen molar-refractivity contribution in [3.63, 3.8) is 0 Å². The molecule has 28 heavy (non-hydrogen) atoms. The number of carbonyl (C=O) groups is 1. The van der Waals surface area contributed by atoms with Gasteiger partial charge in [-0.2, -0.15) is 13.2 Å². The summed E-state index contributed by atoms with van der Waals surface area (Å²) in [6.07, 6.45) is -3.71. The van der Waals surface area contributed by atoms with Crippen molar-refractivity contribution in [3.05, 3.63) is 29.3 Å². The highest BCUT2D eigenvalue weighted by atomic mass is 19.4. The van der Waals surface area contributed by atoms with Gasteiger partial charge >= 0.3 is 12.2 Å². The van der Waals surface area contributed by atoms with E-state index in [9.17, 15) is 18.0 Å². The van der Waals surface area contributed by atoms with E-state index in [0.29, 0.717) is 39.2 Å². The summed E-state index contributed by atoms with van der Waals surface area (Å²) in [5.41, 5.74) is 0.0418. The van der Waals surface area contributed by atoms with E-state index in [0.717, 1.165) is 17.7 Å². The Morgan fingerprint density at radius 1 is 1.25 bits per heavy atom. The van der Waals surface area contributed by atoms with E-state index in [1.54, 1.807) is 4.90 Å². The molecule has 2 aliphatic heterocycles. The molecule has 12 heteroatoms. The summed E-state index contributed by atoms with van der Waals surface area (Å²) in [4.78, 5) is 16.1. The maximum Gasteiger partial charge on any atom is 0.416 e. The predicted molar refractivity (Wildman–Crippen MR) is 90.6 cm³/mol. The molecule has 1 unspecified atom stereocenters. The van der Waals surface area contributed by atoms with Crippen LogP contribution in [-0.4, -0.2) is 69.2 Å². The van der Waals surface area contributed by atoms with Gasteiger partial charge in [0.2, 0.25) is 5.95 Å². The highest BCUT2D eigenvalue weighted by molar-refractivity contribution is 5.87. The smallest absolute Gasteiger partial charge is 0.416 e. The van der Waals surface area contributed by atoms with Gasteiger partial charge in [0.1, 0.15) is 5.75 Å². The molecule has 2 amide bonds. The first-order valence-electron chi connectivity index (χ1n) is 8.79. The fourth-order valence-electron chi connectivity index (χ4n) is 3.56. The Morgan fingerprint density at radius 2 is 2.04 bits per heavy atom. The van der Waals surface area contributed by atoms with E-state index in [1.165, 1.54) is 6.07 Å². The normalized spacial score (nSPS) is 20.4. The molecule has 1 saturated heterocycles. The van der Waals surface area contributed by atoms with Crippen molar-refractivity contribution in [1.82, 2.24) is 30.4 Å². The fourth-order valence-corrected chi connectivity index (χ4v) is 3.56. The number of H-pyrrole nitrogens is 1. The highest BCUT2D eigenvalue weighted by Gasteiger charge is 2.35. The number of tetrazole rings is 1. The number of piperazine rings is 1. The van der Waals surface area contributed by atoms with Crippen LogP contribution < -0.4 is 10.1 Å². The zero-order valence-electron chi connectivity index (χ0n) is 14.7. The summed E-state index contributed by atoms with van der Waals surface area (Å²) in [6.45, 7) is 2.54. The average molecular weight is 397 g/mol. The number of halogens is 3. The van der Waals surface area contributed by atoms with Crippen LogP contribution in [0.4, 0.5) is 23.9 Å². The minimum Gasteiger partial charge on any atom is -0.493 e. The second-order valence-electron chi connectivity index (χ2n) is 6.61. The molecule has 150 valence electrons. The first-order chi connectivity index (χ1) is 13.4. The Bertz CT molecular complexity index is 835. The molecule has 0 radical (unpaired) electrons. The summed E-state index contributed by atoms with van der Waals surface area (Å²) in [6, 6.07) is 3.32. The number of carbonyl (C=O) groups excluding carboxylic acids is 1. The molecule has 0 bridgehead atoms. The molecule has 1 fully saturated rings. The number of ether oxygens (including phenoxy) is 1. The Balaban J connectivity index is 1.41. The lowest BCUT2D eigenvalue weighted by atomic mass is 9.96. The van der Waals surface area contributed by atoms with Gasteiger partial charge in [-0.25, -0.2) is 9.89 Å². The van der Waals surface area contributed by atoms with Crippen molar-refractivity contribution in [2.45, 2.75) is 18.6 Å². The third-order valence-corrected chi connectivity index (χ3v) is 4.96. The molecule has 3 heterocycles. The van der Waals surface area contributed by atoms with Crippen molar-refractivity contribution >= 4 is 12.0 Å². The summed E-state index contributed by atoms with van der Waals surface area (Å²) in [5.74, 6) is 0.454. The van der Waals surface area contributed by atoms with Gasteiger partial charge < -0.3 is 9.64 Å². The lowest BCUT2D eigenvalue weighted by Crippen LogP contribution is -2.51. The van der Waals surface area contributed by atoms with Gasteiger partial charge in [-0.3, -0.25) is 10.2 Å². The number of nitrogens with one attached hydrogen (secondary N) is 2. The van der Waals surface area contributed by atoms with Crippen LogP contribution in [-0.2, 0) is 6.18 Å². The van der Waals surface area contributed by atoms with Gasteiger partial charge in [0.05, 0.1) is 12.2 Å². The molecule has 4 rings (SSSR count). The number of alkyl halides is 3. The van der Waals surface area contributed by atoms with Gasteiger partial charge in [-0.1, -0.05) is 11.2 Å². The molecule has 2 aliphatic rings. The summed E-state index contributed by atoms with van der Waals surface area (Å²) in [7, 11) is 0. The van der Waals surface area contributed by atoms with Crippen LogP contribution in [0.5, 0.6) is 5.75 Å². The summed E-state index contributed by atoms with van der Waals surface area (Å²) < 4.78 is 44.3. The zero-order valence-corrected chi connectivity index (χ0v) is 14.7. The van der Waals surface area contributed by atoms with Crippen molar-refractivity contribution in [2.24, 2.45) is 0 Å². The average Bonchev–Trinajstić information content (AvgIpc) is 3.19. The van der Waals surface area contributed by atoms with Crippen LogP contribution in [0.3, 0.4) is 0 Å². The SMILES string of the molecule is O=C(Nc1nnn[nH]1)N1CCN(C2CCOc3cc(C(F)(F)F)ccc32)CC1. The number of aromatic amines is 1. The van der Waals surface area contributed by atoms with Gasteiger partial charge in [0, 0.05) is 44.2 Å². The molecular formula is C16H18F3N7O2. The van der Waals surface area contributed by atoms with Gasteiger partial charge in [0.25, 0.3) is 0 Å². The van der Waals surface area contributed by atoms with Gasteiger partial charge in [0.15, 0.2) is 0 Å². The van der Waals surface area contributed by atoms with Crippen LogP contribution in [0.15, 0.2) is 18.2 Å². The molecule has 0 saturated carbocycles. The minimum absolute atomic E-state index is 0.0327. The third kappa shape index (κ3) is 3.72. The van der Waals surface area contributed by atoms with E-state index >= 15 is 0 Å². The number of fused-ring (bicyclic) bond motifs is 1. The van der Waals surface area contributed by atoms with E-state index in [2.05, 4.69) is 30.8 Å². The second-order valence-corrected chi connectivity index (χ2v) is 6.61. The Labute approximate surface area is 157 Å². The Morgan fingerprint density at radius 3 is 2.71 bits per heavy atom. The number of aromatic nitrogens is 4. The third-order valence-electron chi connectivity index (χ3n) is 4.96. The number of hydrogen-bond acceptors (Lipinski definition) is 6. The molecule has 9 nitrogen and oxygen atoms in total. The number of anilines is 1. The van der Waals surface area contributed by atoms with Crippen molar-refractivity contribution in [1.29, 1.82) is 0 Å². The maximum absolute atomic E-state index is 12.9. The monoisotopic (exact) mass is 397 g/mol. The maximum atomic E-state index is 12.9. The highest BCUT2D eigenvalue weighted by Crippen LogP contribution is 2.40. The molecule has 0 spiro atoms. The summed E-state index contributed by atoms with van der Waals surface area (Å²) >= 11 is 0. The van der Waals surface area contributed by atoms with Crippen LogP contribution >= 0.6 is 0 Å². The quantitative estimate of drug-likeness (QED) is 0.803. The van der Waals surface area contributed by atoms with E-state index in [-0.39, 0.29) is 23.8 Å². The van der Waals surface area contributed by atoms with Crippen LogP contribution in [0, 0.1) is 0 Å².